The average molecular weight is 1190 g/mol. The molecule has 84 heavy (non-hydrogen) atoms. The molecule has 0 aliphatic carbocycles. The van der Waals surface area contributed by atoms with E-state index in [0.717, 1.165) is 44.9 Å². The third-order valence-corrected chi connectivity index (χ3v) is 18.3. The van der Waals surface area contributed by atoms with Crippen LogP contribution in [0.15, 0.2) is 24.3 Å². The van der Waals surface area contributed by atoms with Crippen LogP contribution in [0.25, 0.3) is 0 Å². The molecule has 9 nitrogen and oxygen atoms in total. The van der Waals surface area contributed by atoms with Crippen molar-refractivity contribution in [3.8, 4) is 0 Å². The van der Waals surface area contributed by atoms with Crippen molar-refractivity contribution in [2.24, 2.45) is 0 Å². The summed E-state index contributed by atoms with van der Waals surface area (Å²) < 4.78 is 11.4. The number of rotatable bonds is 67. The summed E-state index contributed by atoms with van der Waals surface area (Å²) in [6.45, 7) is 3.89. The molecule has 0 aromatic rings. The zero-order valence-corrected chi connectivity index (χ0v) is 55.9. The van der Waals surface area contributed by atoms with E-state index in [4.69, 9.17) is 9.47 Å². The van der Waals surface area contributed by atoms with Gasteiger partial charge in [-0.05, 0) is 44.9 Å². The maximum atomic E-state index is 13.2. The summed E-state index contributed by atoms with van der Waals surface area (Å²) >= 11 is 0. The lowest BCUT2D eigenvalue weighted by Gasteiger charge is -2.40. The van der Waals surface area contributed by atoms with E-state index in [1.807, 2.05) is 0 Å². The fraction of sp³-hybridized carbons (Fsp3) is 0.933. The van der Waals surface area contributed by atoms with Gasteiger partial charge in [0.05, 0.1) is 25.4 Å². The molecule has 1 amide bonds. The molecule has 0 bridgehead atoms. The largest absolute Gasteiger partial charge is 0.394 e. The summed E-state index contributed by atoms with van der Waals surface area (Å²) in [4.78, 5) is 13.2. The predicted octanol–water partition coefficient (Wildman–Crippen LogP) is 20.8. The Kier molecular flexibility index (Phi) is 62.1. The lowest BCUT2D eigenvalue weighted by Crippen LogP contribution is -2.60. The van der Waals surface area contributed by atoms with Crippen molar-refractivity contribution in [2.75, 3.05) is 13.2 Å². The van der Waals surface area contributed by atoms with Crippen LogP contribution >= 0.6 is 0 Å². The first-order valence-corrected chi connectivity index (χ1v) is 37.5. The molecule has 7 atom stereocenters. The molecule has 1 rings (SSSR count). The van der Waals surface area contributed by atoms with Crippen LogP contribution in [0.5, 0.6) is 0 Å². The maximum absolute atomic E-state index is 13.2. The normalized spacial score (nSPS) is 18.2. The van der Waals surface area contributed by atoms with Gasteiger partial charge in [0, 0.05) is 6.42 Å². The van der Waals surface area contributed by atoms with Gasteiger partial charge < -0.3 is 40.3 Å². The van der Waals surface area contributed by atoms with Crippen molar-refractivity contribution in [3.63, 3.8) is 0 Å². The smallest absolute Gasteiger partial charge is 0.220 e. The van der Waals surface area contributed by atoms with Gasteiger partial charge in [0.25, 0.3) is 0 Å². The van der Waals surface area contributed by atoms with Crippen LogP contribution in [0.3, 0.4) is 0 Å². The number of aliphatic hydroxyl groups excluding tert-OH is 5. The molecule has 0 aromatic carbocycles. The highest BCUT2D eigenvalue weighted by molar-refractivity contribution is 5.76. The first-order chi connectivity index (χ1) is 41.3. The van der Waals surface area contributed by atoms with E-state index in [9.17, 15) is 30.3 Å². The minimum absolute atomic E-state index is 0.132. The highest BCUT2D eigenvalue weighted by Crippen LogP contribution is 2.24. The fourth-order valence-corrected chi connectivity index (χ4v) is 12.4. The van der Waals surface area contributed by atoms with E-state index >= 15 is 0 Å². The second-order valence-electron chi connectivity index (χ2n) is 26.5. The highest BCUT2D eigenvalue weighted by Gasteiger charge is 2.44. The Balaban J connectivity index is 2.05. The molecule has 0 spiro atoms. The minimum atomic E-state index is -1.55. The molecule has 7 unspecified atom stereocenters. The van der Waals surface area contributed by atoms with Gasteiger partial charge in [0.2, 0.25) is 5.91 Å². The number of amides is 1. The summed E-state index contributed by atoms with van der Waals surface area (Å²) in [6, 6.07) is -0.717. The lowest BCUT2D eigenvalue weighted by atomic mass is 9.99. The Bertz CT molecular complexity index is 1380. The molecule has 498 valence electrons. The highest BCUT2D eigenvalue weighted by atomic mass is 16.7. The van der Waals surface area contributed by atoms with Gasteiger partial charge in [-0.25, -0.2) is 0 Å². The Morgan fingerprint density at radius 1 is 0.405 bits per heavy atom. The van der Waals surface area contributed by atoms with Gasteiger partial charge >= 0.3 is 0 Å². The SMILES string of the molecule is CCCCCCC/C=C\C/C=C\CCCCCCCCCCCCCCCCCCCCCCCCCCCC(=O)NC(COC1OC(CO)C(O)C(O)C1O)C(O)CCCCCCCCCCCCCCCCCCCCCCCCCC. The number of carbonyl (C=O) groups excluding carboxylic acids is 1. The molecule has 6 N–H and O–H groups in total. The number of ether oxygens (including phenoxy) is 2. The number of hydrogen-bond acceptors (Lipinski definition) is 8. The number of unbranched alkanes of at least 4 members (excludes halogenated alkanes) is 53. The van der Waals surface area contributed by atoms with Crippen molar-refractivity contribution >= 4 is 5.91 Å². The third-order valence-electron chi connectivity index (χ3n) is 18.3. The second kappa shape index (κ2) is 64.6. The van der Waals surface area contributed by atoms with Crippen LogP contribution in [0.2, 0.25) is 0 Å². The first-order valence-electron chi connectivity index (χ1n) is 37.5. The maximum Gasteiger partial charge on any atom is 0.220 e. The molecule has 0 aromatic heterocycles. The van der Waals surface area contributed by atoms with E-state index in [0.29, 0.717) is 12.8 Å². The Morgan fingerprint density at radius 3 is 1.02 bits per heavy atom. The van der Waals surface area contributed by atoms with Crippen LogP contribution in [-0.4, -0.2) is 87.5 Å². The molecule has 1 aliphatic rings. The van der Waals surface area contributed by atoms with Crippen LogP contribution in [0.4, 0.5) is 0 Å². The van der Waals surface area contributed by atoms with E-state index in [1.54, 1.807) is 0 Å². The average Bonchev–Trinajstić information content (AvgIpc) is 3.70. The molecule has 9 heteroatoms. The zero-order valence-electron chi connectivity index (χ0n) is 55.9. The molecule has 1 fully saturated rings. The van der Waals surface area contributed by atoms with Crippen molar-refractivity contribution in [1.29, 1.82) is 0 Å². The Morgan fingerprint density at radius 2 is 0.702 bits per heavy atom. The van der Waals surface area contributed by atoms with E-state index in [-0.39, 0.29) is 12.5 Å². The van der Waals surface area contributed by atoms with Crippen molar-refractivity contribution in [1.82, 2.24) is 5.32 Å². The minimum Gasteiger partial charge on any atom is -0.394 e. The molecule has 1 aliphatic heterocycles. The molecule has 0 radical (unpaired) electrons. The van der Waals surface area contributed by atoms with Crippen LogP contribution in [0, 0.1) is 0 Å². The molecular weight excluding hydrogens is 1040 g/mol. The third kappa shape index (κ3) is 52.6. The first kappa shape index (κ1) is 80.7. The molecule has 1 heterocycles. The number of aliphatic hydroxyl groups is 5. The number of carbonyl (C=O) groups is 1. The lowest BCUT2D eigenvalue weighted by molar-refractivity contribution is -0.302. The van der Waals surface area contributed by atoms with Gasteiger partial charge in [-0.3, -0.25) is 4.79 Å². The summed E-state index contributed by atoms with van der Waals surface area (Å²) in [5, 5.41) is 55.0. The standard InChI is InChI=1S/C75H145NO8/c1-3-5-7-9-11-13-15-17-19-21-23-25-27-29-30-31-32-33-34-35-36-37-38-39-40-41-43-45-47-49-51-53-55-57-59-61-63-65-71(79)76-68(67-83-75-74(82)73(81)72(80)70(66-77)84-75)69(78)64-62-60-58-56-54-52-50-48-46-44-42-28-26-24-22-20-18-16-14-12-10-8-6-4-2/h15,17,21,23,68-70,72-75,77-78,80-82H,3-14,16,18-20,22,24-67H2,1-2H3,(H,76,79)/b17-15-,23-21-. The van der Waals surface area contributed by atoms with Crippen molar-refractivity contribution in [3.05, 3.63) is 24.3 Å². The molecule has 0 saturated carbocycles. The second-order valence-corrected chi connectivity index (χ2v) is 26.5. The quantitative estimate of drug-likeness (QED) is 0.0261. The Hall–Kier alpha value is -1.33. The molecule has 1 saturated heterocycles. The number of hydrogen-bond donors (Lipinski definition) is 6. The summed E-state index contributed by atoms with van der Waals surface area (Å²) in [7, 11) is 0. The van der Waals surface area contributed by atoms with Gasteiger partial charge in [-0.15, -0.1) is 0 Å². The van der Waals surface area contributed by atoms with E-state index < -0.39 is 49.5 Å². The van der Waals surface area contributed by atoms with Gasteiger partial charge in [0.1, 0.15) is 24.4 Å². The number of nitrogens with one attached hydrogen (secondary N) is 1. The van der Waals surface area contributed by atoms with Gasteiger partial charge in [-0.1, -0.05) is 366 Å². The van der Waals surface area contributed by atoms with Crippen LogP contribution in [0.1, 0.15) is 393 Å². The summed E-state index contributed by atoms with van der Waals surface area (Å²) in [5.74, 6) is -0.134. The zero-order chi connectivity index (χ0) is 60.7. The van der Waals surface area contributed by atoms with Gasteiger partial charge in [-0.2, -0.15) is 0 Å². The predicted molar refractivity (Wildman–Crippen MR) is 360 cm³/mol. The topological polar surface area (TPSA) is 149 Å². The van der Waals surface area contributed by atoms with Crippen molar-refractivity contribution in [2.45, 2.75) is 436 Å². The monoisotopic (exact) mass is 1190 g/mol. The number of allylic oxidation sites excluding steroid dienone is 4. The summed E-state index contributed by atoms with van der Waals surface area (Å²) in [6.07, 6.45) is 78.4. The fourth-order valence-electron chi connectivity index (χ4n) is 12.4. The van der Waals surface area contributed by atoms with Gasteiger partial charge in [0.15, 0.2) is 6.29 Å². The van der Waals surface area contributed by atoms with Crippen molar-refractivity contribution < 1.29 is 39.8 Å². The molecular formula is C75H145NO8. The van der Waals surface area contributed by atoms with Crippen LogP contribution in [-0.2, 0) is 14.3 Å². The summed E-state index contributed by atoms with van der Waals surface area (Å²) in [5.41, 5.74) is 0. The van der Waals surface area contributed by atoms with E-state index in [1.165, 1.54) is 321 Å². The van der Waals surface area contributed by atoms with Crippen LogP contribution < -0.4 is 5.32 Å². The van der Waals surface area contributed by atoms with E-state index in [2.05, 4.69) is 43.5 Å². The Labute approximate surface area is 521 Å².